The Morgan fingerprint density at radius 3 is 2.63 bits per heavy atom. The summed E-state index contributed by atoms with van der Waals surface area (Å²) in [5.74, 6) is -2.38. The van der Waals surface area contributed by atoms with Crippen molar-refractivity contribution in [2.45, 2.75) is 44.4 Å². The molecule has 8 heteroatoms. The van der Waals surface area contributed by atoms with Crippen molar-refractivity contribution in [2.24, 2.45) is 4.99 Å². The summed E-state index contributed by atoms with van der Waals surface area (Å²) in [5, 5.41) is 13.4. The Bertz CT molecular complexity index is 978. The minimum atomic E-state index is -2.66. The van der Waals surface area contributed by atoms with Gasteiger partial charge < -0.3 is 15.3 Å². The van der Waals surface area contributed by atoms with E-state index in [1.807, 2.05) is 30.3 Å². The third-order valence-electron chi connectivity index (χ3n) is 5.32. The lowest BCUT2D eigenvalue weighted by Crippen LogP contribution is -2.58. The predicted octanol–water partition coefficient (Wildman–Crippen LogP) is 2.46. The monoisotopic (exact) mass is 414 g/mol. The molecule has 158 valence electrons. The fraction of sp³-hybridized carbons (Fsp3) is 0.409. The zero-order chi connectivity index (χ0) is 21.5. The molecule has 0 unspecified atom stereocenters. The van der Waals surface area contributed by atoms with Crippen molar-refractivity contribution in [3.63, 3.8) is 0 Å². The number of amides is 1. The molecule has 0 spiro atoms. The molecule has 30 heavy (non-hydrogen) atoms. The quantitative estimate of drug-likeness (QED) is 0.788. The minimum Gasteiger partial charge on any atom is -0.388 e. The maximum atomic E-state index is 13.2. The molecule has 1 atom stereocenters. The van der Waals surface area contributed by atoms with Crippen LogP contribution in [0.1, 0.15) is 42.3 Å². The van der Waals surface area contributed by atoms with Crippen LogP contribution >= 0.6 is 0 Å². The van der Waals surface area contributed by atoms with Gasteiger partial charge in [-0.1, -0.05) is 30.3 Å². The van der Waals surface area contributed by atoms with Gasteiger partial charge in [-0.25, -0.2) is 8.78 Å². The fourth-order valence-electron chi connectivity index (χ4n) is 3.84. The summed E-state index contributed by atoms with van der Waals surface area (Å²) in [5.41, 5.74) is 1.85. The number of benzene rings is 1. The Hall–Kier alpha value is -2.87. The number of rotatable bonds is 5. The Labute approximate surface area is 173 Å². The van der Waals surface area contributed by atoms with Crippen LogP contribution in [0.4, 0.5) is 8.78 Å². The number of aliphatic imine (C=N–C) groups is 1. The van der Waals surface area contributed by atoms with Crippen LogP contribution in [0, 0.1) is 0 Å². The van der Waals surface area contributed by atoms with Crippen LogP contribution in [-0.2, 0) is 17.8 Å². The highest BCUT2D eigenvalue weighted by atomic mass is 19.3. The summed E-state index contributed by atoms with van der Waals surface area (Å²) in [7, 11) is 0. The zero-order valence-corrected chi connectivity index (χ0v) is 16.9. The Kier molecular flexibility index (Phi) is 5.05. The van der Waals surface area contributed by atoms with Crippen LogP contribution in [0.5, 0.6) is 0 Å². The van der Waals surface area contributed by atoms with E-state index in [9.17, 15) is 18.7 Å². The number of hydrogen-bond acceptors (Lipinski definition) is 5. The third-order valence-corrected chi connectivity index (χ3v) is 5.32. The standard InChI is InChI=1S/C22H24F2N4O2/c1-21(2,30)19(14-6-4-3-5-7-14)27-18(29)9-16-8-15-10-26-20(17(15)11-25-16)28-12-22(23,24)13-28/h3-8,11,19,30H,9-10,12-13H2,1-2H3,(H,27,29)/t19-/m0/s1. The van der Waals surface area contributed by atoms with Crippen LogP contribution in [0.3, 0.4) is 0 Å². The largest absolute Gasteiger partial charge is 0.388 e. The highest BCUT2D eigenvalue weighted by Gasteiger charge is 2.46. The number of aromatic nitrogens is 1. The number of pyridine rings is 1. The van der Waals surface area contributed by atoms with Gasteiger partial charge in [0.25, 0.3) is 5.92 Å². The molecule has 4 rings (SSSR count). The van der Waals surface area contributed by atoms with Gasteiger partial charge in [-0.3, -0.25) is 14.8 Å². The minimum absolute atomic E-state index is 0.0454. The number of carbonyl (C=O) groups is 1. The van der Waals surface area contributed by atoms with Gasteiger partial charge in [0.2, 0.25) is 5.91 Å². The van der Waals surface area contributed by atoms with E-state index in [1.54, 1.807) is 31.0 Å². The van der Waals surface area contributed by atoms with Crippen molar-refractivity contribution in [3.05, 3.63) is 65.0 Å². The number of fused-ring (bicyclic) bond motifs is 1. The molecule has 1 aromatic heterocycles. The average molecular weight is 414 g/mol. The summed E-state index contributed by atoms with van der Waals surface area (Å²) < 4.78 is 26.3. The van der Waals surface area contributed by atoms with Gasteiger partial charge in [0.05, 0.1) is 43.4 Å². The topological polar surface area (TPSA) is 77.8 Å². The van der Waals surface area contributed by atoms with Crippen LogP contribution in [-0.4, -0.2) is 51.3 Å². The molecule has 0 bridgehead atoms. The molecular formula is C22H24F2N4O2. The number of hydrogen-bond donors (Lipinski definition) is 2. The highest BCUT2D eigenvalue weighted by Crippen LogP contribution is 2.31. The smallest absolute Gasteiger partial charge is 0.282 e. The van der Waals surface area contributed by atoms with E-state index >= 15 is 0 Å². The lowest BCUT2D eigenvalue weighted by molar-refractivity contribution is -0.123. The molecule has 2 aromatic rings. The Balaban J connectivity index is 1.43. The van der Waals surface area contributed by atoms with Crippen LogP contribution < -0.4 is 5.32 Å². The predicted molar refractivity (Wildman–Crippen MR) is 108 cm³/mol. The molecule has 0 saturated carbocycles. The SMILES string of the molecule is CC(C)(O)[C@@H](NC(=O)Cc1cc2c(cn1)C(N1CC(F)(F)C1)=NC2)c1ccccc1. The van der Waals surface area contributed by atoms with Gasteiger partial charge in [0, 0.05) is 11.8 Å². The summed E-state index contributed by atoms with van der Waals surface area (Å²) >= 11 is 0. The molecule has 0 radical (unpaired) electrons. The summed E-state index contributed by atoms with van der Waals surface area (Å²) in [6.45, 7) is 3.04. The average Bonchev–Trinajstić information content (AvgIpc) is 3.07. The van der Waals surface area contributed by atoms with Gasteiger partial charge in [0.15, 0.2) is 0 Å². The van der Waals surface area contributed by atoms with E-state index in [4.69, 9.17) is 0 Å². The number of amidine groups is 1. The van der Waals surface area contributed by atoms with E-state index in [1.165, 1.54) is 0 Å². The fourth-order valence-corrected chi connectivity index (χ4v) is 3.84. The first-order chi connectivity index (χ1) is 14.1. The molecular weight excluding hydrogens is 390 g/mol. The van der Waals surface area contributed by atoms with Gasteiger partial charge in [-0.2, -0.15) is 0 Å². The van der Waals surface area contributed by atoms with Gasteiger partial charge in [-0.05, 0) is 31.0 Å². The first-order valence-corrected chi connectivity index (χ1v) is 9.84. The highest BCUT2D eigenvalue weighted by molar-refractivity contribution is 6.02. The third kappa shape index (κ3) is 4.18. The van der Waals surface area contributed by atoms with Crippen LogP contribution in [0.25, 0.3) is 0 Å². The number of alkyl halides is 2. The van der Waals surface area contributed by atoms with Crippen molar-refractivity contribution in [1.82, 2.24) is 15.2 Å². The molecule has 1 saturated heterocycles. The number of aliphatic hydroxyl groups is 1. The molecule has 1 fully saturated rings. The van der Waals surface area contributed by atoms with E-state index in [0.29, 0.717) is 18.1 Å². The molecule has 2 N–H and O–H groups in total. The van der Waals surface area contributed by atoms with Crippen molar-refractivity contribution >= 4 is 11.7 Å². The summed E-state index contributed by atoms with van der Waals surface area (Å²) in [4.78, 5) is 22.9. The van der Waals surface area contributed by atoms with Crippen molar-refractivity contribution in [3.8, 4) is 0 Å². The zero-order valence-electron chi connectivity index (χ0n) is 16.9. The maximum Gasteiger partial charge on any atom is 0.282 e. The first kappa shape index (κ1) is 20.4. The van der Waals surface area contributed by atoms with Gasteiger partial charge in [0.1, 0.15) is 5.84 Å². The lowest BCUT2D eigenvalue weighted by atomic mass is 9.91. The van der Waals surface area contributed by atoms with Crippen LogP contribution in [0.15, 0.2) is 47.6 Å². The number of carbonyl (C=O) groups excluding carboxylic acids is 1. The van der Waals surface area contributed by atoms with E-state index in [0.717, 1.165) is 16.7 Å². The second-order valence-corrected chi connectivity index (χ2v) is 8.43. The maximum absolute atomic E-state index is 13.2. The molecule has 6 nitrogen and oxygen atoms in total. The van der Waals surface area contributed by atoms with E-state index in [-0.39, 0.29) is 25.4 Å². The van der Waals surface area contributed by atoms with Gasteiger partial charge >= 0.3 is 0 Å². The Morgan fingerprint density at radius 1 is 1.30 bits per heavy atom. The molecule has 1 amide bonds. The normalized spacial score (nSPS) is 18.3. The molecule has 0 aliphatic carbocycles. The van der Waals surface area contributed by atoms with Crippen molar-refractivity contribution in [1.29, 1.82) is 0 Å². The Morgan fingerprint density at radius 2 is 2.00 bits per heavy atom. The second-order valence-electron chi connectivity index (χ2n) is 8.43. The van der Waals surface area contributed by atoms with Crippen molar-refractivity contribution < 1.29 is 18.7 Å². The number of nitrogens with zero attached hydrogens (tertiary/aromatic N) is 3. The van der Waals surface area contributed by atoms with Gasteiger partial charge in [-0.15, -0.1) is 0 Å². The number of halogens is 2. The molecule has 1 aromatic carbocycles. The summed E-state index contributed by atoms with van der Waals surface area (Å²) in [6.07, 6.45) is 1.65. The number of likely N-dealkylation sites (tertiary alicyclic amines) is 1. The molecule has 2 aliphatic heterocycles. The van der Waals surface area contributed by atoms with E-state index < -0.39 is 17.6 Å². The summed E-state index contributed by atoms with van der Waals surface area (Å²) in [6, 6.07) is 10.5. The van der Waals surface area contributed by atoms with Crippen molar-refractivity contribution in [2.75, 3.05) is 13.1 Å². The lowest BCUT2D eigenvalue weighted by Gasteiger charge is -2.40. The van der Waals surface area contributed by atoms with E-state index in [2.05, 4.69) is 15.3 Å². The molecule has 3 heterocycles. The molecule has 2 aliphatic rings. The second kappa shape index (κ2) is 7.43. The van der Waals surface area contributed by atoms with Crippen LogP contribution in [0.2, 0.25) is 0 Å². The number of nitrogens with one attached hydrogen (secondary N) is 1. The first-order valence-electron chi connectivity index (χ1n) is 9.84.